The first-order valence-corrected chi connectivity index (χ1v) is 7.01. The number of carbonyl (C=O) groups is 1. The molecule has 1 heterocycles. The number of thioether (sulfide) groups is 1. The van der Waals surface area contributed by atoms with E-state index in [0.29, 0.717) is 10.7 Å². The van der Waals surface area contributed by atoms with Crippen LogP contribution in [0.1, 0.15) is 5.56 Å². The summed E-state index contributed by atoms with van der Waals surface area (Å²) in [5.74, 6) is -0.883. The molecule has 20 heavy (non-hydrogen) atoms. The SMILES string of the molecule is CSc1ncc(/C=C/C(=O)Nc2ccccc2F)cn1. The Morgan fingerprint density at radius 1 is 1.30 bits per heavy atom. The number of nitrogens with zero attached hydrogens (tertiary/aromatic N) is 2. The molecule has 0 aliphatic carbocycles. The molecule has 1 amide bonds. The van der Waals surface area contributed by atoms with Crippen molar-refractivity contribution >= 4 is 29.4 Å². The molecule has 0 spiro atoms. The zero-order valence-corrected chi connectivity index (χ0v) is 11.5. The van der Waals surface area contributed by atoms with Crippen LogP contribution in [0.2, 0.25) is 0 Å². The summed E-state index contributed by atoms with van der Waals surface area (Å²) in [4.78, 5) is 19.8. The van der Waals surface area contributed by atoms with Crippen LogP contribution < -0.4 is 5.32 Å². The molecular formula is C14H12FN3OS. The molecule has 0 aliphatic heterocycles. The molecule has 2 rings (SSSR count). The van der Waals surface area contributed by atoms with E-state index in [2.05, 4.69) is 15.3 Å². The molecule has 0 radical (unpaired) electrons. The molecule has 1 aromatic heterocycles. The van der Waals surface area contributed by atoms with E-state index in [1.165, 1.54) is 30.0 Å². The second-order valence-corrected chi connectivity index (χ2v) is 4.58. The Morgan fingerprint density at radius 2 is 2.00 bits per heavy atom. The molecule has 0 saturated heterocycles. The lowest BCUT2D eigenvalue weighted by Crippen LogP contribution is -2.09. The first-order valence-electron chi connectivity index (χ1n) is 5.78. The predicted octanol–water partition coefficient (Wildman–Crippen LogP) is 2.99. The number of halogens is 1. The Balaban J connectivity index is 2.00. The smallest absolute Gasteiger partial charge is 0.248 e. The van der Waals surface area contributed by atoms with Gasteiger partial charge in [-0.05, 0) is 24.5 Å². The summed E-state index contributed by atoms with van der Waals surface area (Å²) in [7, 11) is 0. The Kier molecular flexibility index (Phi) is 4.84. The molecule has 0 atom stereocenters. The highest BCUT2D eigenvalue weighted by Gasteiger charge is 2.02. The fourth-order valence-electron chi connectivity index (χ4n) is 1.43. The van der Waals surface area contributed by atoms with E-state index in [1.54, 1.807) is 30.6 Å². The van der Waals surface area contributed by atoms with Crippen LogP contribution in [0.4, 0.5) is 10.1 Å². The molecule has 6 heteroatoms. The largest absolute Gasteiger partial charge is 0.320 e. The van der Waals surface area contributed by atoms with E-state index in [-0.39, 0.29) is 5.69 Å². The van der Waals surface area contributed by atoms with Gasteiger partial charge in [0.15, 0.2) is 5.16 Å². The fourth-order valence-corrected chi connectivity index (χ4v) is 1.74. The number of anilines is 1. The van der Waals surface area contributed by atoms with Crippen LogP contribution in [0.15, 0.2) is 47.9 Å². The summed E-state index contributed by atoms with van der Waals surface area (Å²) >= 11 is 1.44. The molecule has 0 bridgehead atoms. The van der Waals surface area contributed by atoms with Crippen molar-refractivity contribution in [2.45, 2.75) is 5.16 Å². The Labute approximate surface area is 120 Å². The van der Waals surface area contributed by atoms with Gasteiger partial charge in [0.2, 0.25) is 5.91 Å². The fraction of sp³-hybridized carbons (Fsp3) is 0.0714. The van der Waals surface area contributed by atoms with Crippen LogP contribution in [0.5, 0.6) is 0 Å². The zero-order valence-electron chi connectivity index (χ0n) is 10.7. The third-order valence-corrected chi connectivity index (χ3v) is 2.97. The maximum Gasteiger partial charge on any atom is 0.248 e. The Hall–Kier alpha value is -2.21. The summed E-state index contributed by atoms with van der Waals surface area (Å²) in [6, 6.07) is 5.99. The van der Waals surface area contributed by atoms with Gasteiger partial charge in [-0.25, -0.2) is 14.4 Å². The highest BCUT2D eigenvalue weighted by Crippen LogP contribution is 2.12. The quantitative estimate of drug-likeness (QED) is 0.534. The lowest BCUT2D eigenvalue weighted by atomic mass is 10.3. The van der Waals surface area contributed by atoms with Crippen LogP contribution in [0.25, 0.3) is 6.08 Å². The van der Waals surface area contributed by atoms with Gasteiger partial charge in [-0.15, -0.1) is 0 Å². The van der Waals surface area contributed by atoms with E-state index in [0.717, 1.165) is 0 Å². The van der Waals surface area contributed by atoms with Crippen molar-refractivity contribution < 1.29 is 9.18 Å². The highest BCUT2D eigenvalue weighted by molar-refractivity contribution is 7.98. The van der Waals surface area contributed by atoms with Gasteiger partial charge in [0.1, 0.15) is 5.82 Å². The van der Waals surface area contributed by atoms with Crippen molar-refractivity contribution in [1.82, 2.24) is 9.97 Å². The average molecular weight is 289 g/mol. The second kappa shape index (κ2) is 6.81. The third-order valence-electron chi connectivity index (χ3n) is 2.39. The molecular weight excluding hydrogens is 277 g/mol. The van der Waals surface area contributed by atoms with Crippen molar-refractivity contribution in [1.29, 1.82) is 0 Å². The van der Waals surface area contributed by atoms with Gasteiger partial charge >= 0.3 is 0 Å². The normalized spacial score (nSPS) is 10.7. The summed E-state index contributed by atoms with van der Waals surface area (Å²) in [5, 5.41) is 3.12. The standard InChI is InChI=1S/C14H12FN3OS/c1-20-14-16-8-10(9-17-14)6-7-13(19)18-12-5-3-2-4-11(12)15/h2-9H,1H3,(H,18,19)/b7-6+. The molecule has 0 fully saturated rings. The van der Waals surface area contributed by atoms with Crippen LogP contribution in [-0.2, 0) is 4.79 Å². The van der Waals surface area contributed by atoms with Crippen molar-refractivity contribution in [2.75, 3.05) is 11.6 Å². The monoisotopic (exact) mass is 289 g/mol. The minimum Gasteiger partial charge on any atom is -0.320 e. The molecule has 4 nitrogen and oxygen atoms in total. The number of aromatic nitrogens is 2. The number of rotatable bonds is 4. The van der Waals surface area contributed by atoms with Gasteiger partial charge in [-0.2, -0.15) is 0 Å². The Bertz CT molecular complexity index is 629. The van der Waals surface area contributed by atoms with Gasteiger partial charge in [-0.1, -0.05) is 23.9 Å². The third kappa shape index (κ3) is 3.89. The van der Waals surface area contributed by atoms with E-state index in [4.69, 9.17) is 0 Å². The topological polar surface area (TPSA) is 54.9 Å². The molecule has 0 unspecified atom stereocenters. The van der Waals surface area contributed by atoms with Gasteiger partial charge in [0, 0.05) is 24.0 Å². The van der Waals surface area contributed by atoms with Gasteiger partial charge in [0.25, 0.3) is 0 Å². The lowest BCUT2D eigenvalue weighted by Gasteiger charge is -2.02. The maximum atomic E-state index is 13.3. The minimum absolute atomic E-state index is 0.149. The van der Waals surface area contributed by atoms with Gasteiger partial charge in [-0.3, -0.25) is 4.79 Å². The van der Waals surface area contributed by atoms with E-state index in [9.17, 15) is 9.18 Å². The van der Waals surface area contributed by atoms with Gasteiger partial charge < -0.3 is 5.32 Å². The van der Waals surface area contributed by atoms with Crippen molar-refractivity contribution in [3.8, 4) is 0 Å². The van der Waals surface area contributed by atoms with Crippen molar-refractivity contribution in [3.63, 3.8) is 0 Å². The molecule has 0 saturated carbocycles. The first-order chi connectivity index (χ1) is 9.69. The number of nitrogens with one attached hydrogen (secondary N) is 1. The number of benzene rings is 1. The number of hydrogen-bond donors (Lipinski definition) is 1. The van der Waals surface area contributed by atoms with E-state index in [1.807, 2.05) is 6.26 Å². The molecule has 1 N–H and O–H groups in total. The molecule has 0 aliphatic rings. The number of carbonyl (C=O) groups excluding carboxylic acids is 1. The second-order valence-electron chi connectivity index (χ2n) is 3.81. The van der Waals surface area contributed by atoms with Crippen LogP contribution in [0.3, 0.4) is 0 Å². The molecule has 2 aromatic rings. The van der Waals surface area contributed by atoms with Crippen molar-refractivity contribution in [2.24, 2.45) is 0 Å². The predicted molar refractivity (Wildman–Crippen MR) is 77.9 cm³/mol. The minimum atomic E-state index is -0.470. The van der Waals surface area contributed by atoms with E-state index >= 15 is 0 Å². The van der Waals surface area contributed by atoms with Crippen molar-refractivity contribution in [3.05, 3.63) is 54.1 Å². The first kappa shape index (κ1) is 14.2. The molecule has 1 aromatic carbocycles. The van der Waals surface area contributed by atoms with Crippen LogP contribution in [-0.4, -0.2) is 22.1 Å². The number of amides is 1. The Morgan fingerprint density at radius 3 is 2.65 bits per heavy atom. The summed E-state index contributed by atoms with van der Waals surface area (Å²) in [6.07, 6.45) is 7.99. The van der Waals surface area contributed by atoms with Gasteiger partial charge in [0.05, 0.1) is 5.69 Å². The van der Waals surface area contributed by atoms with Crippen LogP contribution in [0, 0.1) is 5.82 Å². The average Bonchev–Trinajstić information content (AvgIpc) is 2.48. The number of para-hydroxylation sites is 1. The summed E-state index contributed by atoms with van der Waals surface area (Å²) < 4.78 is 13.3. The zero-order chi connectivity index (χ0) is 14.4. The highest BCUT2D eigenvalue weighted by atomic mass is 32.2. The summed E-state index contributed by atoms with van der Waals surface area (Å²) in [6.45, 7) is 0. The van der Waals surface area contributed by atoms with Crippen LogP contribution >= 0.6 is 11.8 Å². The van der Waals surface area contributed by atoms with E-state index < -0.39 is 11.7 Å². The maximum absolute atomic E-state index is 13.3. The lowest BCUT2D eigenvalue weighted by molar-refractivity contribution is -0.111. The number of hydrogen-bond acceptors (Lipinski definition) is 4. The molecule has 102 valence electrons. The summed E-state index contributed by atoms with van der Waals surface area (Å²) in [5.41, 5.74) is 0.850.